The molecule has 98 valence electrons. The van der Waals surface area contributed by atoms with Crippen LogP contribution in [-0.4, -0.2) is 20.1 Å². The second-order valence-corrected chi connectivity index (χ2v) is 7.41. The molecule has 18 heavy (non-hydrogen) atoms. The molecule has 2 aromatic rings. The number of aliphatic hydroxyl groups excluding tert-OH is 1. The smallest absolute Gasteiger partial charge is 0.250 e. The fraction of sp³-hybridized carbons (Fsp3) is 0.273. The monoisotopic (exact) mass is 303 g/mol. The third-order valence-corrected chi connectivity index (χ3v) is 5.96. The van der Waals surface area contributed by atoms with Gasteiger partial charge in [-0.15, -0.1) is 11.3 Å². The Morgan fingerprint density at radius 1 is 1.33 bits per heavy atom. The van der Waals surface area contributed by atoms with Crippen molar-refractivity contribution < 1.29 is 13.5 Å². The molecular weight excluding hydrogens is 290 g/mol. The molecule has 0 saturated heterocycles. The van der Waals surface area contributed by atoms with Gasteiger partial charge in [-0.25, -0.2) is 13.1 Å². The number of rotatable bonds is 6. The zero-order chi connectivity index (χ0) is 13.0. The van der Waals surface area contributed by atoms with E-state index in [-0.39, 0.29) is 6.54 Å². The Bertz CT molecular complexity index is 561. The topological polar surface area (TPSA) is 66.4 Å². The van der Waals surface area contributed by atoms with Crippen molar-refractivity contribution in [3.63, 3.8) is 0 Å². The Kier molecular flexibility index (Phi) is 4.52. The van der Waals surface area contributed by atoms with Crippen molar-refractivity contribution >= 4 is 32.7 Å². The molecule has 0 aliphatic rings. The Morgan fingerprint density at radius 3 is 2.78 bits per heavy atom. The minimum Gasteiger partial charge on any atom is -0.388 e. The molecule has 0 fully saturated rings. The quantitative estimate of drug-likeness (QED) is 0.860. The van der Waals surface area contributed by atoms with Crippen LogP contribution < -0.4 is 4.72 Å². The zero-order valence-corrected chi connectivity index (χ0v) is 11.9. The molecule has 0 unspecified atom stereocenters. The van der Waals surface area contributed by atoms with Crippen molar-refractivity contribution in [3.05, 3.63) is 39.9 Å². The minimum atomic E-state index is -3.42. The van der Waals surface area contributed by atoms with E-state index < -0.39 is 16.1 Å². The van der Waals surface area contributed by atoms with Gasteiger partial charge in [-0.1, -0.05) is 6.07 Å². The second-order valence-electron chi connectivity index (χ2n) is 3.69. The number of hydrogen-bond acceptors (Lipinski definition) is 5. The van der Waals surface area contributed by atoms with Gasteiger partial charge in [-0.2, -0.15) is 11.3 Å². The minimum absolute atomic E-state index is 0.219. The lowest BCUT2D eigenvalue weighted by Crippen LogP contribution is -2.25. The number of aliphatic hydroxyl groups is 1. The first-order chi connectivity index (χ1) is 8.59. The van der Waals surface area contributed by atoms with Crippen LogP contribution in [0.1, 0.15) is 18.1 Å². The highest BCUT2D eigenvalue weighted by atomic mass is 32.2. The molecule has 0 amide bonds. The summed E-state index contributed by atoms with van der Waals surface area (Å²) in [7, 11) is -3.42. The maximum atomic E-state index is 11.8. The van der Waals surface area contributed by atoms with E-state index in [1.54, 1.807) is 17.5 Å². The lowest BCUT2D eigenvalue weighted by Gasteiger charge is -2.09. The van der Waals surface area contributed by atoms with Crippen LogP contribution in [0.2, 0.25) is 0 Å². The van der Waals surface area contributed by atoms with E-state index >= 15 is 0 Å². The lowest BCUT2D eigenvalue weighted by atomic mass is 10.1. The predicted molar refractivity (Wildman–Crippen MR) is 73.4 cm³/mol. The van der Waals surface area contributed by atoms with Crippen molar-refractivity contribution in [2.24, 2.45) is 0 Å². The van der Waals surface area contributed by atoms with Gasteiger partial charge in [0, 0.05) is 6.54 Å². The molecule has 0 spiro atoms. The van der Waals surface area contributed by atoms with E-state index in [9.17, 15) is 13.5 Å². The number of sulfonamides is 1. The van der Waals surface area contributed by atoms with Gasteiger partial charge in [-0.3, -0.25) is 0 Å². The summed E-state index contributed by atoms with van der Waals surface area (Å²) in [6, 6.07) is 5.09. The molecule has 0 aliphatic carbocycles. The highest BCUT2D eigenvalue weighted by Crippen LogP contribution is 2.19. The number of nitrogens with one attached hydrogen (secondary N) is 1. The maximum absolute atomic E-state index is 11.8. The summed E-state index contributed by atoms with van der Waals surface area (Å²) in [5, 5.41) is 15.3. The maximum Gasteiger partial charge on any atom is 0.250 e. The van der Waals surface area contributed by atoms with E-state index in [4.69, 9.17) is 0 Å². The van der Waals surface area contributed by atoms with Gasteiger partial charge in [0.05, 0.1) is 6.10 Å². The summed E-state index contributed by atoms with van der Waals surface area (Å²) in [4.78, 5) is 0. The van der Waals surface area contributed by atoms with Gasteiger partial charge in [0.15, 0.2) is 0 Å². The van der Waals surface area contributed by atoms with Gasteiger partial charge in [0.25, 0.3) is 0 Å². The average Bonchev–Trinajstić information content (AvgIpc) is 3.02. The molecule has 7 heteroatoms. The fourth-order valence-electron chi connectivity index (χ4n) is 1.45. The van der Waals surface area contributed by atoms with Crippen LogP contribution in [0, 0.1) is 0 Å². The number of thiophene rings is 2. The summed E-state index contributed by atoms with van der Waals surface area (Å²) in [6.07, 6.45) is -0.260. The average molecular weight is 303 g/mol. The molecular formula is C11H13NO3S3. The third kappa shape index (κ3) is 3.39. The van der Waals surface area contributed by atoms with Crippen LogP contribution in [0.3, 0.4) is 0 Å². The summed E-state index contributed by atoms with van der Waals surface area (Å²) in [5.41, 5.74) is 0.829. The van der Waals surface area contributed by atoms with E-state index in [0.717, 1.165) is 5.56 Å². The lowest BCUT2D eigenvalue weighted by molar-refractivity contribution is 0.169. The summed E-state index contributed by atoms with van der Waals surface area (Å²) >= 11 is 2.68. The first kappa shape index (κ1) is 13.7. The van der Waals surface area contributed by atoms with Gasteiger partial charge in [0.1, 0.15) is 4.21 Å². The second kappa shape index (κ2) is 5.94. The first-order valence-corrected chi connectivity index (χ1v) is 8.63. The van der Waals surface area contributed by atoms with Gasteiger partial charge in [-0.05, 0) is 40.3 Å². The van der Waals surface area contributed by atoms with E-state index in [0.29, 0.717) is 10.6 Å². The Morgan fingerprint density at radius 2 is 2.17 bits per heavy atom. The molecule has 1 atom stereocenters. The van der Waals surface area contributed by atoms with E-state index in [2.05, 4.69) is 4.72 Å². The van der Waals surface area contributed by atoms with Crippen LogP contribution in [-0.2, 0) is 10.0 Å². The highest BCUT2D eigenvalue weighted by molar-refractivity contribution is 7.91. The van der Waals surface area contributed by atoms with Crippen molar-refractivity contribution in [3.8, 4) is 0 Å². The Labute approximate surface area is 114 Å². The fourth-order valence-corrected chi connectivity index (χ4v) is 4.24. The molecule has 2 aromatic heterocycles. The summed E-state index contributed by atoms with van der Waals surface area (Å²) in [6.45, 7) is 0.219. The largest absolute Gasteiger partial charge is 0.388 e. The van der Waals surface area contributed by atoms with Crippen LogP contribution in [0.25, 0.3) is 0 Å². The van der Waals surface area contributed by atoms with Crippen molar-refractivity contribution in [2.45, 2.75) is 16.7 Å². The molecule has 0 radical (unpaired) electrons. The normalized spacial score (nSPS) is 13.6. The van der Waals surface area contributed by atoms with Crippen molar-refractivity contribution in [2.75, 3.05) is 6.54 Å². The SMILES string of the molecule is O=S(=O)(NCC[C@H](O)c1ccsc1)c1cccs1. The van der Waals surface area contributed by atoms with Crippen LogP contribution in [0.15, 0.2) is 38.5 Å². The van der Waals surface area contributed by atoms with Gasteiger partial charge in [0.2, 0.25) is 10.0 Å². The molecule has 4 nitrogen and oxygen atoms in total. The van der Waals surface area contributed by atoms with E-state index in [1.165, 1.54) is 22.7 Å². The molecule has 2 rings (SSSR count). The van der Waals surface area contributed by atoms with Crippen LogP contribution in [0.5, 0.6) is 0 Å². The van der Waals surface area contributed by atoms with E-state index in [1.807, 2.05) is 16.8 Å². The van der Waals surface area contributed by atoms with Gasteiger partial charge >= 0.3 is 0 Å². The predicted octanol–water partition coefficient (Wildman–Crippen LogP) is 2.21. The standard InChI is InChI=1S/C11H13NO3S3/c13-10(9-4-7-16-8-9)3-5-12-18(14,15)11-2-1-6-17-11/h1-2,4,6-8,10,12-13H,3,5H2/t10-/m0/s1. The van der Waals surface area contributed by atoms with Crippen LogP contribution >= 0.6 is 22.7 Å². The molecule has 0 bridgehead atoms. The third-order valence-electron chi connectivity index (χ3n) is 2.40. The molecule has 2 heterocycles. The first-order valence-electron chi connectivity index (χ1n) is 5.33. The zero-order valence-electron chi connectivity index (χ0n) is 9.44. The molecule has 2 N–H and O–H groups in total. The molecule has 0 aliphatic heterocycles. The molecule has 0 aromatic carbocycles. The Balaban J connectivity index is 1.86. The van der Waals surface area contributed by atoms with Crippen LogP contribution in [0.4, 0.5) is 0 Å². The highest BCUT2D eigenvalue weighted by Gasteiger charge is 2.15. The van der Waals surface area contributed by atoms with Gasteiger partial charge < -0.3 is 5.11 Å². The summed E-state index contributed by atoms with van der Waals surface area (Å²) < 4.78 is 26.3. The number of hydrogen-bond donors (Lipinski definition) is 2. The van der Waals surface area contributed by atoms with Crippen molar-refractivity contribution in [1.29, 1.82) is 0 Å². The molecule has 0 saturated carbocycles. The summed E-state index contributed by atoms with van der Waals surface area (Å²) in [5.74, 6) is 0. The van der Waals surface area contributed by atoms with Crippen molar-refractivity contribution in [1.82, 2.24) is 4.72 Å². The Hall–Kier alpha value is -0.730.